The molecule has 2 heterocycles. The molecule has 1 atom stereocenters. The van der Waals surface area contributed by atoms with Gasteiger partial charge in [-0.2, -0.15) is 0 Å². The maximum absolute atomic E-state index is 12.4. The van der Waals surface area contributed by atoms with E-state index in [-0.39, 0.29) is 12.6 Å². The highest BCUT2D eigenvalue weighted by atomic mass is 32.2. The Hall–Kier alpha value is -2.81. The number of nitrogens with one attached hydrogen (secondary N) is 2. The molecule has 2 aromatic rings. The van der Waals surface area contributed by atoms with Crippen LogP contribution in [-0.4, -0.2) is 45.2 Å². The second kappa shape index (κ2) is 9.13. The first-order valence-electron chi connectivity index (χ1n) is 9.55. The largest absolute Gasteiger partial charge is 0.463 e. The van der Waals surface area contributed by atoms with Gasteiger partial charge >= 0.3 is 12.0 Å². The second-order valence-electron chi connectivity index (χ2n) is 6.59. The average Bonchev–Trinajstić information content (AvgIpc) is 3.09. The zero-order chi connectivity index (χ0) is 21.0. The van der Waals surface area contributed by atoms with E-state index >= 15 is 0 Å². The molecule has 2 amide bonds. The molecule has 3 rings (SSSR count). The summed E-state index contributed by atoms with van der Waals surface area (Å²) in [5.74, 6) is 0.744. The fourth-order valence-corrected chi connectivity index (χ4v) is 4.20. The molecule has 154 valence electrons. The molecule has 0 fully saturated rings. The lowest BCUT2D eigenvalue weighted by Crippen LogP contribution is -2.49. The summed E-state index contributed by atoms with van der Waals surface area (Å²) in [6, 6.07) is 7.27. The topological polar surface area (TPSA) is 98.1 Å². The Labute approximate surface area is 174 Å². The number of aromatic nitrogens is 3. The number of thioether (sulfide) groups is 1. The fourth-order valence-electron chi connectivity index (χ4n) is 3.23. The van der Waals surface area contributed by atoms with Crippen LogP contribution < -0.4 is 10.6 Å². The third-order valence-electron chi connectivity index (χ3n) is 4.63. The molecule has 9 heteroatoms. The monoisotopic (exact) mass is 415 g/mol. The van der Waals surface area contributed by atoms with Crippen molar-refractivity contribution in [2.45, 2.75) is 45.4 Å². The number of rotatable bonds is 7. The number of urea groups is 1. The molecule has 0 bridgehead atoms. The van der Waals surface area contributed by atoms with Gasteiger partial charge in [0.25, 0.3) is 0 Å². The van der Waals surface area contributed by atoms with Crippen LogP contribution in [0.5, 0.6) is 0 Å². The van der Waals surface area contributed by atoms with Gasteiger partial charge in [0.05, 0.1) is 18.2 Å². The van der Waals surface area contributed by atoms with Gasteiger partial charge in [0.2, 0.25) is 0 Å². The fraction of sp³-hybridized carbons (Fsp3) is 0.400. The summed E-state index contributed by atoms with van der Waals surface area (Å²) < 4.78 is 7.19. The number of aryl methyl sites for hydroxylation is 1. The minimum atomic E-state index is -0.430. The first kappa shape index (κ1) is 20.9. The average molecular weight is 416 g/mol. The predicted octanol–water partition coefficient (Wildman–Crippen LogP) is 2.88. The van der Waals surface area contributed by atoms with Crippen LogP contribution in [0.2, 0.25) is 0 Å². The Morgan fingerprint density at radius 1 is 1.28 bits per heavy atom. The number of hydrogen-bond acceptors (Lipinski definition) is 6. The molecule has 0 saturated heterocycles. The summed E-state index contributed by atoms with van der Waals surface area (Å²) in [6.45, 7) is 8.57. The molecule has 29 heavy (non-hydrogen) atoms. The lowest BCUT2D eigenvalue weighted by Gasteiger charge is -2.26. The van der Waals surface area contributed by atoms with Crippen molar-refractivity contribution in [1.29, 1.82) is 0 Å². The highest BCUT2D eigenvalue weighted by molar-refractivity contribution is 7.99. The summed E-state index contributed by atoms with van der Waals surface area (Å²) in [4.78, 5) is 24.3. The van der Waals surface area contributed by atoms with Crippen LogP contribution >= 0.6 is 11.8 Å². The zero-order valence-electron chi connectivity index (χ0n) is 17.0. The van der Waals surface area contributed by atoms with Crippen LogP contribution in [0.25, 0.3) is 11.4 Å². The number of ether oxygens (including phenoxy) is 1. The number of amides is 2. The summed E-state index contributed by atoms with van der Waals surface area (Å²) in [5.41, 5.74) is 3.12. The maximum Gasteiger partial charge on any atom is 0.337 e. The minimum absolute atomic E-state index is 0.271. The van der Waals surface area contributed by atoms with Crippen molar-refractivity contribution in [2.75, 3.05) is 12.4 Å². The van der Waals surface area contributed by atoms with Gasteiger partial charge in [0.15, 0.2) is 11.0 Å². The molecule has 8 nitrogen and oxygen atoms in total. The summed E-state index contributed by atoms with van der Waals surface area (Å²) in [7, 11) is 0. The van der Waals surface area contributed by atoms with Crippen LogP contribution in [0.15, 0.2) is 40.7 Å². The first-order valence-corrected chi connectivity index (χ1v) is 10.5. The predicted molar refractivity (Wildman–Crippen MR) is 111 cm³/mol. The number of hydrogen-bond donors (Lipinski definition) is 2. The van der Waals surface area contributed by atoms with E-state index in [0.29, 0.717) is 23.6 Å². The van der Waals surface area contributed by atoms with Gasteiger partial charge in [-0.25, -0.2) is 9.59 Å². The van der Waals surface area contributed by atoms with Gasteiger partial charge < -0.3 is 19.9 Å². The number of benzene rings is 1. The van der Waals surface area contributed by atoms with E-state index < -0.39 is 12.0 Å². The molecule has 1 aliphatic rings. The van der Waals surface area contributed by atoms with Crippen molar-refractivity contribution in [3.05, 3.63) is 41.1 Å². The third-order valence-corrected chi connectivity index (χ3v) is 5.62. The maximum atomic E-state index is 12.4. The molecule has 0 saturated carbocycles. The van der Waals surface area contributed by atoms with Gasteiger partial charge in [0, 0.05) is 23.6 Å². The van der Waals surface area contributed by atoms with Gasteiger partial charge in [-0.05, 0) is 33.3 Å². The molecule has 1 unspecified atom stereocenters. The van der Waals surface area contributed by atoms with E-state index in [4.69, 9.17) is 4.74 Å². The quantitative estimate of drug-likeness (QED) is 0.533. The number of esters is 1. The van der Waals surface area contributed by atoms with Crippen molar-refractivity contribution in [3.8, 4) is 11.4 Å². The number of carbonyl (C=O) groups is 2. The third kappa shape index (κ3) is 4.45. The number of carbonyl (C=O) groups excluding carboxylic acids is 2. The van der Waals surface area contributed by atoms with E-state index in [1.165, 1.54) is 11.8 Å². The van der Waals surface area contributed by atoms with E-state index in [0.717, 1.165) is 22.1 Å². The van der Waals surface area contributed by atoms with Crippen molar-refractivity contribution in [3.63, 3.8) is 0 Å². The lowest BCUT2D eigenvalue weighted by molar-refractivity contribution is -0.138. The van der Waals surface area contributed by atoms with E-state index in [2.05, 4.69) is 20.8 Å². The Balaban J connectivity index is 1.88. The first-order chi connectivity index (χ1) is 14.0. The zero-order valence-corrected chi connectivity index (χ0v) is 17.8. The van der Waals surface area contributed by atoms with Gasteiger partial charge in [-0.3, -0.25) is 0 Å². The van der Waals surface area contributed by atoms with Crippen molar-refractivity contribution in [2.24, 2.45) is 0 Å². The Bertz CT molecular complexity index is 953. The molecular weight excluding hydrogens is 390 g/mol. The van der Waals surface area contributed by atoms with Crippen molar-refractivity contribution in [1.82, 2.24) is 25.4 Å². The molecule has 1 aliphatic heterocycles. The summed E-state index contributed by atoms with van der Waals surface area (Å²) in [5, 5.41) is 14.9. The van der Waals surface area contributed by atoms with Gasteiger partial charge in [-0.1, -0.05) is 36.0 Å². The van der Waals surface area contributed by atoms with Crippen LogP contribution in [0, 0.1) is 6.92 Å². The number of nitrogens with zero attached hydrogens (tertiary/aromatic N) is 3. The summed E-state index contributed by atoms with van der Waals surface area (Å²) in [6.07, 6.45) is 0. The van der Waals surface area contributed by atoms with Crippen LogP contribution in [0.1, 0.15) is 26.3 Å². The summed E-state index contributed by atoms with van der Waals surface area (Å²) >= 11 is 1.42. The second-order valence-corrected chi connectivity index (χ2v) is 7.53. The highest BCUT2D eigenvalue weighted by Gasteiger charge is 2.30. The lowest BCUT2D eigenvalue weighted by atomic mass is 10.1. The molecule has 1 aromatic carbocycles. The van der Waals surface area contributed by atoms with Crippen LogP contribution in [0.4, 0.5) is 4.79 Å². The Morgan fingerprint density at radius 2 is 2.03 bits per heavy atom. The SMILES string of the molecule is CCOC(=O)C1=C(CSc2nnc(-c3ccccc3C)n2CC)NC(=O)NC1C. The van der Waals surface area contributed by atoms with Crippen molar-refractivity contribution < 1.29 is 14.3 Å². The van der Waals surface area contributed by atoms with Gasteiger partial charge in [0.1, 0.15) is 0 Å². The van der Waals surface area contributed by atoms with Crippen LogP contribution in [0.3, 0.4) is 0 Å². The molecule has 0 spiro atoms. The molecule has 0 aliphatic carbocycles. The normalized spacial score (nSPS) is 16.4. The van der Waals surface area contributed by atoms with Crippen molar-refractivity contribution >= 4 is 23.8 Å². The molecule has 1 aromatic heterocycles. The van der Waals surface area contributed by atoms with Crippen LogP contribution in [-0.2, 0) is 16.1 Å². The molecule has 0 radical (unpaired) electrons. The minimum Gasteiger partial charge on any atom is -0.463 e. The smallest absolute Gasteiger partial charge is 0.337 e. The Morgan fingerprint density at radius 3 is 2.72 bits per heavy atom. The molecule has 2 N–H and O–H groups in total. The molecular formula is C20H25N5O3S. The van der Waals surface area contributed by atoms with E-state index in [1.807, 2.05) is 42.7 Å². The Kier molecular flexibility index (Phi) is 6.58. The van der Waals surface area contributed by atoms with Gasteiger partial charge in [-0.15, -0.1) is 10.2 Å². The van der Waals surface area contributed by atoms with E-state index in [9.17, 15) is 9.59 Å². The van der Waals surface area contributed by atoms with E-state index in [1.54, 1.807) is 13.8 Å². The standard InChI is InChI=1S/C20H25N5O3S/c1-5-25-17(14-10-8-7-9-12(14)3)23-24-20(25)29-11-15-16(18(26)28-6-2)13(4)21-19(27)22-15/h7-10,13H,5-6,11H2,1-4H3,(H2,21,22,27). The highest BCUT2D eigenvalue weighted by Crippen LogP contribution is 2.28.